The lowest BCUT2D eigenvalue weighted by molar-refractivity contribution is 0.532. The van der Waals surface area contributed by atoms with Gasteiger partial charge in [0.15, 0.2) is 0 Å². The summed E-state index contributed by atoms with van der Waals surface area (Å²) >= 11 is 0. The van der Waals surface area contributed by atoms with E-state index >= 15 is 0 Å². The van der Waals surface area contributed by atoms with Crippen LogP contribution in [0.25, 0.3) is 11.1 Å². The molecule has 2 atom stereocenters. The molecule has 0 N–H and O–H groups in total. The van der Waals surface area contributed by atoms with Crippen LogP contribution in [0.5, 0.6) is 0 Å². The Morgan fingerprint density at radius 3 is 2.28 bits per heavy atom. The highest BCUT2D eigenvalue weighted by Crippen LogP contribution is 2.23. The van der Waals surface area contributed by atoms with Crippen molar-refractivity contribution in [3.63, 3.8) is 0 Å². The van der Waals surface area contributed by atoms with Crippen LogP contribution < -0.4 is 0 Å². The van der Waals surface area contributed by atoms with Crippen LogP contribution in [0.15, 0.2) is 54.6 Å². The van der Waals surface area contributed by atoms with Gasteiger partial charge in [-0.25, -0.2) is 0 Å². The molecule has 0 aliphatic carbocycles. The van der Waals surface area contributed by atoms with Crippen molar-refractivity contribution in [2.24, 2.45) is 0 Å². The molecule has 3 rings (SSSR count). The second-order valence-corrected chi connectivity index (χ2v) is 4.64. The topological polar surface area (TPSA) is 26.8 Å². The molecule has 0 saturated carbocycles. The lowest BCUT2D eigenvalue weighted by Gasteiger charge is -2.05. The fourth-order valence-electron chi connectivity index (χ4n) is 2.14. The maximum atomic E-state index is 8.76. The van der Waals surface area contributed by atoms with Gasteiger partial charge in [0.1, 0.15) is 6.04 Å². The highest BCUT2D eigenvalue weighted by atomic mass is 15.3. The molecule has 1 heterocycles. The quantitative estimate of drug-likeness (QED) is 0.763. The first-order valence-electron chi connectivity index (χ1n) is 6.15. The average molecular weight is 234 g/mol. The second-order valence-electron chi connectivity index (χ2n) is 4.64. The molecular formula is C16H14N2. The number of benzene rings is 2. The number of nitriles is 1. The summed E-state index contributed by atoms with van der Waals surface area (Å²) in [6.45, 7) is 1.80. The molecule has 2 heteroatoms. The molecule has 0 radical (unpaired) electrons. The standard InChI is InChI=1S/C16H14N2/c17-10-16-12-18(16)11-13-6-8-15(9-7-13)14-4-2-1-3-5-14/h1-9,16H,11-12H2. The molecule has 2 aromatic rings. The highest BCUT2D eigenvalue weighted by molar-refractivity contribution is 5.63. The van der Waals surface area contributed by atoms with E-state index in [0.29, 0.717) is 0 Å². The highest BCUT2D eigenvalue weighted by Gasteiger charge is 2.33. The molecule has 2 nitrogen and oxygen atoms in total. The third-order valence-corrected chi connectivity index (χ3v) is 3.31. The molecule has 18 heavy (non-hydrogen) atoms. The third-order valence-electron chi connectivity index (χ3n) is 3.31. The first kappa shape index (κ1) is 11.0. The molecule has 88 valence electrons. The van der Waals surface area contributed by atoms with Gasteiger partial charge in [0.2, 0.25) is 0 Å². The van der Waals surface area contributed by atoms with Gasteiger partial charge in [0.25, 0.3) is 0 Å². The van der Waals surface area contributed by atoms with Crippen LogP contribution in [0.4, 0.5) is 0 Å². The van der Waals surface area contributed by atoms with E-state index in [2.05, 4.69) is 59.5 Å². The monoisotopic (exact) mass is 234 g/mol. The summed E-state index contributed by atoms with van der Waals surface area (Å²) in [6.07, 6.45) is 0. The molecule has 1 fully saturated rings. The Bertz CT molecular complexity index is 566. The Morgan fingerprint density at radius 1 is 1.00 bits per heavy atom. The van der Waals surface area contributed by atoms with Crippen LogP contribution >= 0.6 is 0 Å². The van der Waals surface area contributed by atoms with Crippen LogP contribution in [0.3, 0.4) is 0 Å². The van der Waals surface area contributed by atoms with E-state index < -0.39 is 0 Å². The van der Waals surface area contributed by atoms with Gasteiger partial charge in [-0.2, -0.15) is 5.26 Å². The summed E-state index contributed by atoms with van der Waals surface area (Å²) in [5.74, 6) is 0. The van der Waals surface area contributed by atoms with Crippen LogP contribution in [0.1, 0.15) is 5.56 Å². The summed E-state index contributed by atoms with van der Waals surface area (Å²) in [5, 5.41) is 8.76. The zero-order valence-corrected chi connectivity index (χ0v) is 10.1. The van der Waals surface area contributed by atoms with Crippen molar-refractivity contribution in [3.8, 4) is 17.2 Å². The van der Waals surface area contributed by atoms with Gasteiger partial charge in [-0.15, -0.1) is 0 Å². The van der Waals surface area contributed by atoms with Gasteiger partial charge in [0, 0.05) is 13.1 Å². The van der Waals surface area contributed by atoms with Crippen LogP contribution in [-0.4, -0.2) is 17.5 Å². The minimum atomic E-state index is 0.138. The van der Waals surface area contributed by atoms with Crippen molar-refractivity contribution in [2.45, 2.75) is 12.6 Å². The Balaban J connectivity index is 1.72. The van der Waals surface area contributed by atoms with Gasteiger partial charge in [-0.1, -0.05) is 54.6 Å². The number of hydrogen-bond acceptors (Lipinski definition) is 2. The molecule has 1 aliphatic heterocycles. The van der Waals surface area contributed by atoms with Gasteiger partial charge >= 0.3 is 0 Å². The van der Waals surface area contributed by atoms with Gasteiger partial charge in [-0.05, 0) is 16.7 Å². The molecule has 2 unspecified atom stereocenters. The SMILES string of the molecule is N#CC1CN1Cc1ccc(-c2ccccc2)cc1. The predicted molar refractivity (Wildman–Crippen MR) is 71.7 cm³/mol. The average Bonchev–Trinajstić information content (AvgIpc) is 3.19. The van der Waals surface area contributed by atoms with E-state index in [1.165, 1.54) is 16.7 Å². The second kappa shape index (κ2) is 4.64. The zero-order valence-electron chi connectivity index (χ0n) is 10.1. The molecule has 1 saturated heterocycles. The van der Waals surface area contributed by atoms with E-state index in [-0.39, 0.29) is 6.04 Å². The Morgan fingerprint density at radius 2 is 1.67 bits per heavy atom. The van der Waals surface area contributed by atoms with Crippen molar-refractivity contribution < 1.29 is 0 Å². The van der Waals surface area contributed by atoms with E-state index in [4.69, 9.17) is 5.26 Å². The minimum Gasteiger partial charge on any atom is -0.280 e. The van der Waals surface area contributed by atoms with Gasteiger partial charge in [0.05, 0.1) is 6.07 Å². The summed E-state index contributed by atoms with van der Waals surface area (Å²) < 4.78 is 0. The van der Waals surface area contributed by atoms with Gasteiger partial charge in [-0.3, -0.25) is 4.90 Å². The molecule has 0 aromatic heterocycles. The third kappa shape index (κ3) is 2.27. The van der Waals surface area contributed by atoms with Crippen LogP contribution in [0, 0.1) is 11.3 Å². The normalized spacial score (nSPS) is 21.3. The largest absolute Gasteiger partial charge is 0.280 e. The van der Waals surface area contributed by atoms with Crippen molar-refractivity contribution in [2.75, 3.05) is 6.54 Å². The fourth-order valence-corrected chi connectivity index (χ4v) is 2.14. The fraction of sp³-hybridized carbons (Fsp3) is 0.188. The molecule has 0 spiro atoms. The van der Waals surface area contributed by atoms with Crippen molar-refractivity contribution >= 4 is 0 Å². The predicted octanol–water partition coefficient (Wildman–Crippen LogP) is 3.06. The first-order valence-corrected chi connectivity index (χ1v) is 6.15. The van der Waals surface area contributed by atoms with Gasteiger partial charge < -0.3 is 0 Å². The maximum absolute atomic E-state index is 8.76. The Kier molecular flexibility index (Phi) is 2.84. The summed E-state index contributed by atoms with van der Waals surface area (Å²) in [5.41, 5.74) is 3.75. The van der Waals surface area contributed by atoms with Crippen molar-refractivity contribution in [1.82, 2.24) is 4.90 Å². The smallest absolute Gasteiger partial charge is 0.111 e. The lowest BCUT2D eigenvalue weighted by atomic mass is 10.0. The van der Waals surface area contributed by atoms with E-state index in [1.807, 2.05) is 6.07 Å². The van der Waals surface area contributed by atoms with E-state index in [9.17, 15) is 0 Å². The summed E-state index contributed by atoms with van der Waals surface area (Å²) in [6, 6.07) is 21.4. The van der Waals surface area contributed by atoms with E-state index in [1.54, 1.807) is 0 Å². The molecule has 0 amide bonds. The summed E-state index contributed by atoms with van der Waals surface area (Å²) in [7, 11) is 0. The molecule has 0 bridgehead atoms. The maximum Gasteiger partial charge on any atom is 0.111 e. The number of nitrogens with zero attached hydrogens (tertiary/aromatic N) is 2. The minimum absolute atomic E-state index is 0.138. The molecule has 1 aliphatic rings. The van der Waals surface area contributed by atoms with Crippen LogP contribution in [0.2, 0.25) is 0 Å². The Hall–Kier alpha value is -2.11. The van der Waals surface area contributed by atoms with Crippen LogP contribution in [-0.2, 0) is 6.54 Å². The summed E-state index contributed by atoms with van der Waals surface area (Å²) in [4.78, 5) is 2.16. The zero-order chi connectivity index (χ0) is 12.4. The van der Waals surface area contributed by atoms with E-state index in [0.717, 1.165) is 13.1 Å². The number of hydrogen-bond donors (Lipinski definition) is 0. The first-order chi connectivity index (χ1) is 8.86. The van der Waals surface area contributed by atoms with Crippen molar-refractivity contribution in [1.29, 1.82) is 5.26 Å². The molecule has 2 aromatic carbocycles. The Labute approximate surface area is 107 Å². The molecular weight excluding hydrogens is 220 g/mol. The lowest BCUT2D eigenvalue weighted by Crippen LogP contribution is -2.00. The number of rotatable bonds is 3. The van der Waals surface area contributed by atoms with Crippen molar-refractivity contribution in [3.05, 3.63) is 60.2 Å².